The van der Waals surface area contributed by atoms with Crippen LogP contribution in [0.25, 0.3) is 0 Å². The van der Waals surface area contributed by atoms with Crippen LogP contribution in [-0.2, 0) is 4.79 Å². The summed E-state index contributed by atoms with van der Waals surface area (Å²) in [5.41, 5.74) is 0. The fourth-order valence-corrected chi connectivity index (χ4v) is 3.64. The van der Waals surface area contributed by atoms with E-state index in [1.165, 1.54) is 18.9 Å². The highest BCUT2D eigenvalue weighted by atomic mass is 32.1. The first-order valence-electron chi connectivity index (χ1n) is 5.39. The molecule has 1 amide bonds. The van der Waals surface area contributed by atoms with Crippen molar-refractivity contribution in [2.45, 2.75) is 45.3 Å². The molecular formula is C10H23NOSSi. The number of nitrogens with one attached hydrogen (secondary N) is 1. The molecule has 4 heteroatoms. The van der Waals surface area contributed by atoms with Crippen LogP contribution in [0.2, 0.25) is 19.1 Å². The minimum absolute atomic E-state index is 0.150. The van der Waals surface area contributed by atoms with E-state index in [0.29, 0.717) is 12.2 Å². The molecule has 0 bridgehead atoms. The maximum Gasteiger partial charge on any atom is 0.220 e. The van der Waals surface area contributed by atoms with Crippen molar-refractivity contribution < 1.29 is 4.79 Å². The number of hydrogen-bond donors (Lipinski definition) is 2. The van der Waals surface area contributed by atoms with Crippen molar-refractivity contribution >= 4 is 26.6 Å². The molecule has 0 unspecified atom stereocenters. The van der Waals surface area contributed by atoms with Crippen LogP contribution in [0.3, 0.4) is 0 Å². The molecule has 0 aromatic heterocycles. The molecule has 0 aliphatic carbocycles. The van der Waals surface area contributed by atoms with Crippen LogP contribution in [0.4, 0.5) is 0 Å². The third-order valence-electron chi connectivity index (χ3n) is 2.31. The Balaban J connectivity index is 3.68. The van der Waals surface area contributed by atoms with Gasteiger partial charge in [-0.3, -0.25) is 4.79 Å². The summed E-state index contributed by atoms with van der Waals surface area (Å²) in [5.74, 6) is 0.792. The molecule has 1 N–H and O–H groups in total. The van der Waals surface area contributed by atoms with Gasteiger partial charge in [-0.15, -0.1) is 0 Å². The molecule has 14 heavy (non-hydrogen) atoms. The molecule has 0 aliphatic rings. The molecule has 0 heterocycles. The zero-order chi connectivity index (χ0) is 11.0. The number of carbonyl (C=O) groups excluding carboxylic acids is 1. The van der Waals surface area contributed by atoms with Gasteiger partial charge < -0.3 is 5.32 Å². The number of rotatable bonds is 7. The number of amides is 1. The van der Waals surface area contributed by atoms with Gasteiger partial charge in [0, 0.05) is 12.6 Å². The summed E-state index contributed by atoms with van der Waals surface area (Å²) in [7, 11) is -1.17. The maximum atomic E-state index is 11.2. The lowest BCUT2D eigenvalue weighted by Gasteiger charge is -2.22. The zero-order valence-electron chi connectivity index (χ0n) is 9.60. The first kappa shape index (κ1) is 14.0. The molecule has 0 saturated heterocycles. The van der Waals surface area contributed by atoms with Gasteiger partial charge >= 0.3 is 0 Å². The Morgan fingerprint density at radius 1 is 1.43 bits per heavy atom. The largest absolute Gasteiger partial charge is 0.359 e. The van der Waals surface area contributed by atoms with Gasteiger partial charge in [-0.1, -0.05) is 38.9 Å². The fourth-order valence-electron chi connectivity index (χ4n) is 1.27. The van der Waals surface area contributed by atoms with Crippen molar-refractivity contribution in [3.63, 3.8) is 0 Å². The first-order chi connectivity index (χ1) is 6.52. The van der Waals surface area contributed by atoms with Gasteiger partial charge in [0.05, 0.1) is 8.07 Å². The van der Waals surface area contributed by atoms with E-state index in [-0.39, 0.29) is 5.91 Å². The second-order valence-corrected chi connectivity index (χ2v) is 10.1. The van der Waals surface area contributed by atoms with E-state index in [9.17, 15) is 4.79 Å². The summed E-state index contributed by atoms with van der Waals surface area (Å²) >= 11 is 4.03. The Hall–Kier alpha value is 0.0369. The lowest BCUT2D eigenvalue weighted by Crippen LogP contribution is -2.42. The Morgan fingerprint density at radius 3 is 2.57 bits per heavy atom. The SMILES string of the molecule is CCCC[Si](C)(C)CNC(=O)CCS. The molecular weight excluding hydrogens is 210 g/mol. The summed E-state index contributed by atoms with van der Waals surface area (Å²) in [6, 6.07) is 1.31. The highest BCUT2D eigenvalue weighted by Crippen LogP contribution is 2.12. The van der Waals surface area contributed by atoms with E-state index in [2.05, 4.69) is 38.0 Å². The number of hydrogen-bond acceptors (Lipinski definition) is 2. The van der Waals surface area contributed by atoms with E-state index in [1.807, 2.05) is 0 Å². The Bertz CT molecular complexity index is 174. The van der Waals surface area contributed by atoms with Crippen molar-refractivity contribution in [2.75, 3.05) is 11.9 Å². The standard InChI is InChI=1S/C10H23NOSSi/c1-4-5-8-14(2,3)9-11-10(12)6-7-13/h13H,4-9H2,1-3H3,(H,11,12). The van der Waals surface area contributed by atoms with Crippen molar-refractivity contribution in [1.29, 1.82) is 0 Å². The summed E-state index contributed by atoms with van der Waals surface area (Å²) in [5, 5.41) is 3.01. The van der Waals surface area contributed by atoms with Crippen LogP contribution in [0, 0.1) is 0 Å². The summed E-state index contributed by atoms with van der Waals surface area (Å²) in [4.78, 5) is 11.2. The highest BCUT2D eigenvalue weighted by molar-refractivity contribution is 7.80. The van der Waals surface area contributed by atoms with Crippen LogP contribution in [0.1, 0.15) is 26.2 Å². The van der Waals surface area contributed by atoms with E-state index in [1.54, 1.807) is 0 Å². The molecule has 84 valence electrons. The topological polar surface area (TPSA) is 29.1 Å². The van der Waals surface area contributed by atoms with Gasteiger partial charge in [0.25, 0.3) is 0 Å². The molecule has 0 aromatic carbocycles. The molecule has 0 fully saturated rings. The Labute approximate surface area is 94.3 Å². The molecule has 0 radical (unpaired) electrons. The lowest BCUT2D eigenvalue weighted by atomic mass is 10.4. The second-order valence-electron chi connectivity index (χ2n) is 4.52. The van der Waals surface area contributed by atoms with E-state index in [0.717, 1.165) is 6.17 Å². The Morgan fingerprint density at radius 2 is 2.07 bits per heavy atom. The van der Waals surface area contributed by atoms with Crippen molar-refractivity contribution in [1.82, 2.24) is 5.32 Å². The smallest absolute Gasteiger partial charge is 0.220 e. The zero-order valence-corrected chi connectivity index (χ0v) is 11.5. The molecule has 0 aliphatic heterocycles. The predicted molar refractivity (Wildman–Crippen MR) is 68.7 cm³/mol. The van der Waals surface area contributed by atoms with E-state index >= 15 is 0 Å². The van der Waals surface area contributed by atoms with Gasteiger partial charge in [-0.2, -0.15) is 12.6 Å². The van der Waals surface area contributed by atoms with Gasteiger partial charge in [0.2, 0.25) is 5.91 Å². The molecule has 2 nitrogen and oxygen atoms in total. The number of thiol groups is 1. The van der Waals surface area contributed by atoms with Crippen LogP contribution < -0.4 is 5.32 Å². The quantitative estimate of drug-likeness (QED) is 0.513. The van der Waals surface area contributed by atoms with Gasteiger partial charge in [0.1, 0.15) is 0 Å². The summed E-state index contributed by atoms with van der Waals surface area (Å²) in [6.07, 6.45) is 4.00. The number of unbranched alkanes of at least 4 members (excludes halogenated alkanes) is 1. The second kappa shape index (κ2) is 7.34. The minimum Gasteiger partial charge on any atom is -0.359 e. The molecule has 0 saturated carbocycles. The third kappa shape index (κ3) is 7.44. The monoisotopic (exact) mass is 233 g/mol. The molecule has 0 atom stereocenters. The normalized spacial score (nSPS) is 11.4. The van der Waals surface area contributed by atoms with Crippen LogP contribution in [0.5, 0.6) is 0 Å². The average Bonchev–Trinajstić information content (AvgIpc) is 2.13. The highest BCUT2D eigenvalue weighted by Gasteiger charge is 2.20. The predicted octanol–water partition coefficient (Wildman–Crippen LogP) is 2.47. The molecule has 0 aromatic rings. The van der Waals surface area contributed by atoms with E-state index < -0.39 is 8.07 Å². The average molecular weight is 233 g/mol. The van der Waals surface area contributed by atoms with Crippen LogP contribution in [0.15, 0.2) is 0 Å². The molecule has 0 spiro atoms. The van der Waals surface area contributed by atoms with Crippen molar-refractivity contribution in [2.24, 2.45) is 0 Å². The summed E-state index contributed by atoms with van der Waals surface area (Å²) < 4.78 is 0. The maximum absolute atomic E-state index is 11.2. The summed E-state index contributed by atoms with van der Waals surface area (Å²) in [6.45, 7) is 6.89. The first-order valence-corrected chi connectivity index (χ1v) is 9.44. The molecule has 0 rings (SSSR count). The van der Waals surface area contributed by atoms with Crippen molar-refractivity contribution in [3.05, 3.63) is 0 Å². The van der Waals surface area contributed by atoms with Gasteiger partial charge in [-0.05, 0) is 5.75 Å². The Kier molecular flexibility index (Phi) is 7.36. The van der Waals surface area contributed by atoms with Crippen LogP contribution in [-0.4, -0.2) is 25.9 Å². The van der Waals surface area contributed by atoms with E-state index in [4.69, 9.17) is 0 Å². The fraction of sp³-hybridized carbons (Fsp3) is 0.900. The van der Waals surface area contributed by atoms with Gasteiger partial charge in [-0.25, -0.2) is 0 Å². The number of carbonyl (C=O) groups is 1. The van der Waals surface area contributed by atoms with Crippen LogP contribution >= 0.6 is 12.6 Å². The minimum atomic E-state index is -1.17. The third-order valence-corrected chi connectivity index (χ3v) is 5.37. The van der Waals surface area contributed by atoms with Gasteiger partial charge in [0.15, 0.2) is 0 Å². The van der Waals surface area contributed by atoms with Crippen molar-refractivity contribution in [3.8, 4) is 0 Å². The lowest BCUT2D eigenvalue weighted by molar-refractivity contribution is -0.120.